The van der Waals surface area contributed by atoms with Crippen LogP contribution in [0.4, 0.5) is 5.69 Å². The van der Waals surface area contributed by atoms with Gasteiger partial charge in [-0.15, -0.1) is 0 Å². The highest BCUT2D eigenvalue weighted by Crippen LogP contribution is 2.28. The van der Waals surface area contributed by atoms with E-state index in [0.717, 1.165) is 0 Å². The molecule has 1 aromatic carbocycles. The van der Waals surface area contributed by atoms with Crippen molar-refractivity contribution in [2.45, 2.75) is 0 Å². The Morgan fingerprint density at radius 3 is 2.80 bits per heavy atom. The van der Waals surface area contributed by atoms with Crippen LogP contribution in [0.1, 0.15) is 10.4 Å². The van der Waals surface area contributed by atoms with Gasteiger partial charge in [-0.1, -0.05) is 6.07 Å². The third-order valence-corrected chi connectivity index (χ3v) is 2.34. The Morgan fingerprint density at radius 1 is 1.47 bits per heavy atom. The standard InChI is InChI=1S/C10H8N2O3/c1-11-5-9(12(14)15)8-4-2-3-7(6-13)10(8)11/h2-6H,1H3. The van der Waals surface area contributed by atoms with Gasteiger partial charge in [-0.2, -0.15) is 0 Å². The number of carbonyl (C=O) groups is 1. The number of benzene rings is 1. The first-order valence-corrected chi connectivity index (χ1v) is 4.32. The molecule has 0 saturated heterocycles. The lowest BCUT2D eigenvalue weighted by Crippen LogP contribution is -1.89. The largest absolute Gasteiger partial charge is 0.344 e. The van der Waals surface area contributed by atoms with Crippen molar-refractivity contribution in [3.8, 4) is 0 Å². The minimum Gasteiger partial charge on any atom is -0.344 e. The number of nitro groups is 1. The number of hydrogen-bond donors (Lipinski definition) is 0. The Labute approximate surface area is 85.1 Å². The summed E-state index contributed by atoms with van der Waals surface area (Å²) < 4.78 is 1.59. The zero-order chi connectivity index (χ0) is 11.0. The van der Waals surface area contributed by atoms with Crippen molar-refractivity contribution in [2.75, 3.05) is 0 Å². The predicted molar refractivity (Wildman–Crippen MR) is 55.0 cm³/mol. The molecule has 1 heterocycles. The van der Waals surface area contributed by atoms with Gasteiger partial charge in [-0.25, -0.2) is 0 Å². The van der Waals surface area contributed by atoms with Crippen molar-refractivity contribution >= 4 is 22.9 Å². The monoisotopic (exact) mass is 204 g/mol. The molecule has 0 aliphatic heterocycles. The van der Waals surface area contributed by atoms with E-state index < -0.39 is 4.92 Å². The van der Waals surface area contributed by atoms with E-state index in [1.165, 1.54) is 6.20 Å². The van der Waals surface area contributed by atoms with E-state index in [0.29, 0.717) is 22.8 Å². The van der Waals surface area contributed by atoms with Crippen molar-refractivity contribution in [1.82, 2.24) is 4.57 Å². The average molecular weight is 204 g/mol. The number of rotatable bonds is 2. The number of para-hydroxylation sites is 1. The fourth-order valence-corrected chi connectivity index (χ4v) is 1.72. The van der Waals surface area contributed by atoms with Gasteiger partial charge in [0.05, 0.1) is 22.0 Å². The number of aromatic nitrogens is 1. The van der Waals surface area contributed by atoms with E-state index in [1.54, 1.807) is 29.8 Å². The molecule has 2 rings (SSSR count). The summed E-state index contributed by atoms with van der Waals surface area (Å²) in [7, 11) is 1.68. The number of carbonyl (C=O) groups excluding carboxylic acids is 1. The zero-order valence-electron chi connectivity index (χ0n) is 8.01. The molecule has 0 fully saturated rings. The highest BCUT2D eigenvalue weighted by atomic mass is 16.6. The number of aldehydes is 1. The van der Waals surface area contributed by atoms with Gasteiger partial charge in [-0.3, -0.25) is 14.9 Å². The molecule has 76 valence electrons. The summed E-state index contributed by atoms with van der Waals surface area (Å²) in [4.78, 5) is 21.1. The van der Waals surface area contributed by atoms with Gasteiger partial charge in [0.2, 0.25) is 0 Å². The van der Waals surface area contributed by atoms with Gasteiger partial charge in [0.25, 0.3) is 5.69 Å². The summed E-state index contributed by atoms with van der Waals surface area (Å²) in [6.45, 7) is 0. The number of fused-ring (bicyclic) bond motifs is 1. The first-order chi connectivity index (χ1) is 7.15. The highest BCUT2D eigenvalue weighted by Gasteiger charge is 2.17. The topological polar surface area (TPSA) is 65.1 Å². The molecule has 0 aliphatic carbocycles. The molecule has 0 aliphatic rings. The van der Waals surface area contributed by atoms with Gasteiger partial charge in [0, 0.05) is 12.6 Å². The van der Waals surface area contributed by atoms with Crippen molar-refractivity contribution in [2.24, 2.45) is 7.05 Å². The highest BCUT2D eigenvalue weighted by molar-refractivity contribution is 6.00. The van der Waals surface area contributed by atoms with Gasteiger partial charge < -0.3 is 4.57 Å². The van der Waals surface area contributed by atoms with Crippen LogP contribution in [0, 0.1) is 10.1 Å². The summed E-state index contributed by atoms with van der Waals surface area (Å²) in [6, 6.07) is 4.92. The number of hydrogen-bond acceptors (Lipinski definition) is 3. The smallest absolute Gasteiger partial charge is 0.294 e. The quantitative estimate of drug-likeness (QED) is 0.426. The van der Waals surface area contributed by atoms with E-state index >= 15 is 0 Å². The van der Waals surface area contributed by atoms with Crippen LogP contribution in [0.2, 0.25) is 0 Å². The van der Waals surface area contributed by atoms with Crippen LogP contribution in [0.15, 0.2) is 24.4 Å². The molecule has 0 spiro atoms. The molecule has 2 aromatic rings. The zero-order valence-corrected chi connectivity index (χ0v) is 8.01. The van der Waals surface area contributed by atoms with E-state index in [-0.39, 0.29) is 5.69 Å². The van der Waals surface area contributed by atoms with Crippen molar-refractivity contribution in [3.05, 3.63) is 40.1 Å². The molecule has 0 atom stereocenters. The number of nitrogens with zero attached hydrogens (tertiary/aromatic N) is 2. The summed E-state index contributed by atoms with van der Waals surface area (Å²) >= 11 is 0. The third kappa shape index (κ3) is 1.28. The van der Waals surface area contributed by atoms with Crippen molar-refractivity contribution in [3.63, 3.8) is 0 Å². The SMILES string of the molecule is Cn1cc([N+](=O)[O-])c2cccc(C=O)c21. The van der Waals surface area contributed by atoms with Crippen LogP contribution in [0.3, 0.4) is 0 Å². The van der Waals surface area contributed by atoms with E-state index in [9.17, 15) is 14.9 Å². The normalized spacial score (nSPS) is 10.5. The molecule has 0 radical (unpaired) electrons. The van der Waals surface area contributed by atoms with Gasteiger partial charge in [-0.05, 0) is 12.1 Å². The Balaban J connectivity index is 2.91. The average Bonchev–Trinajstić information content (AvgIpc) is 2.56. The molecular weight excluding hydrogens is 196 g/mol. The predicted octanol–water partition coefficient (Wildman–Crippen LogP) is 1.90. The third-order valence-electron chi connectivity index (χ3n) is 2.34. The van der Waals surface area contributed by atoms with Crippen LogP contribution in [0.5, 0.6) is 0 Å². The van der Waals surface area contributed by atoms with E-state index in [2.05, 4.69) is 0 Å². The van der Waals surface area contributed by atoms with Crippen molar-refractivity contribution < 1.29 is 9.72 Å². The molecule has 5 nitrogen and oxygen atoms in total. The molecule has 5 heteroatoms. The molecule has 1 aromatic heterocycles. The summed E-state index contributed by atoms with van der Waals surface area (Å²) in [6.07, 6.45) is 2.11. The molecular formula is C10H8N2O3. The van der Waals surface area contributed by atoms with Gasteiger partial charge in [0.1, 0.15) is 0 Å². The Morgan fingerprint density at radius 2 is 2.20 bits per heavy atom. The minimum absolute atomic E-state index is 0.0243. The maximum absolute atomic E-state index is 10.8. The molecule has 0 N–H and O–H groups in total. The van der Waals surface area contributed by atoms with Gasteiger partial charge in [0.15, 0.2) is 6.29 Å². The van der Waals surface area contributed by atoms with Crippen LogP contribution >= 0.6 is 0 Å². The van der Waals surface area contributed by atoms with E-state index in [1.807, 2.05) is 0 Å². The summed E-state index contributed by atoms with van der Waals surface area (Å²) in [5.74, 6) is 0. The minimum atomic E-state index is -0.448. The molecule has 0 amide bonds. The van der Waals surface area contributed by atoms with Crippen LogP contribution in [-0.4, -0.2) is 15.8 Å². The first kappa shape index (κ1) is 9.39. The second-order valence-electron chi connectivity index (χ2n) is 3.24. The van der Waals surface area contributed by atoms with Crippen LogP contribution < -0.4 is 0 Å². The number of aryl methyl sites for hydroxylation is 1. The Hall–Kier alpha value is -2.17. The molecule has 0 unspecified atom stereocenters. The lowest BCUT2D eigenvalue weighted by atomic mass is 10.1. The first-order valence-electron chi connectivity index (χ1n) is 4.32. The van der Waals surface area contributed by atoms with Gasteiger partial charge >= 0.3 is 0 Å². The van der Waals surface area contributed by atoms with Crippen LogP contribution in [0.25, 0.3) is 10.9 Å². The second-order valence-corrected chi connectivity index (χ2v) is 3.24. The Kier molecular flexibility index (Phi) is 2.00. The second kappa shape index (κ2) is 3.20. The molecule has 0 bridgehead atoms. The lowest BCUT2D eigenvalue weighted by molar-refractivity contribution is -0.383. The van der Waals surface area contributed by atoms with Crippen LogP contribution in [-0.2, 0) is 7.05 Å². The maximum atomic E-state index is 10.8. The fourth-order valence-electron chi connectivity index (χ4n) is 1.72. The fraction of sp³-hybridized carbons (Fsp3) is 0.100. The van der Waals surface area contributed by atoms with Crippen molar-refractivity contribution in [1.29, 1.82) is 0 Å². The molecule has 0 saturated carbocycles. The summed E-state index contributed by atoms with van der Waals surface area (Å²) in [5.41, 5.74) is 1.08. The maximum Gasteiger partial charge on any atom is 0.294 e. The molecule has 15 heavy (non-hydrogen) atoms. The summed E-state index contributed by atoms with van der Waals surface area (Å²) in [5, 5.41) is 11.2. The lowest BCUT2D eigenvalue weighted by Gasteiger charge is -1.97. The van der Waals surface area contributed by atoms with E-state index in [4.69, 9.17) is 0 Å². The Bertz CT molecular complexity index is 557.